The number of nitrogens with two attached hydrogens (primary N) is 1. The number of aliphatic hydroxyl groups is 2. The summed E-state index contributed by atoms with van der Waals surface area (Å²) in [5.74, 6) is -7.11. The molecule has 0 spiro atoms. The number of nitrogens with one attached hydrogen (secondary N) is 3. The third-order valence-electron chi connectivity index (χ3n) is 12.2. The van der Waals surface area contributed by atoms with Crippen LogP contribution in [0.2, 0.25) is 0 Å². The highest BCUT2D eigenvalue weighted by Gasteiger charge is 2.46. The maximum atomic E-state index is 15.2. The van der Waals surface area contributed by atoms with Gasteiger partial charge >= 0.3 is 5.97 Å². The fraction of sp³-hybridized carbons (Fsp3) is 0.531. The molecule has 1 fully saturated rings. The molecular formula is C49H67F2N7O10S. The molecule has 0 bridgehead atoms. The van der Waals surface area contributed by atoms with Crippen LogP contribution in [0.4, 0.5) is 8.78 Å². The van der Waals surface area contributed by atoms with Crippen molar-refractivity contribution in [1.29, 1.82) is 0 Å². The predicted molar refractivity (Wildman–Crippen MR) is 256 cm³/mol. The molecule has 0 radical (unpaired) electrons. The topological polar surface area (TPSA) is 254 Å². The maximum Gasteiger partial charge on any atom is 0.305 e. The zero-order chi connectivity index (χ0) is 51.2. The highest BCUT2D eigenvalue weighted by Crippen LogP contribution is 2.42. The molecule has 17 nitrogen and oxygen atoms in total. The van der Waals surface area contributed by atoms with Crippen molar-refractivity contribution in [3.8, 4) is 11.1 Å². The highest BCUT2D eigenvalue weighted by atomic mass is 32.2. The van der Waals surface area contributed by atoms with Crippen LogP contribution in [0.15, 0.2) is 60.8 Å². The minimum absolute atomic E-state index is 0.0331. The minimum atomic E-state index is -1.63. The van der Waals surface area contributed by atoms with Crippen LogP contribution in [-0.2, 0) is 40.1 Å². The fourth-order valence-corrected chi connectivity index (χ4v) is 8.94. The Morgan fingerprint density at radius 3 is 2.22 bits per heavy atom. The van der Waals surface area contributed by atoms with Crippen molar-refractivity contribution in [1.82, 2.24) is 30.3 Å². The van der Waals surface area contributed by atoms with Gasteiger partial charge in [-0.05, 0) is 74.6 Å². The summed E-state index contributed by atoms with van der Waals surface area (Å²) in [6, 6.07) is 10.5. The smallest absolute Gasteiger partial charge is 0.305 e. The number of unbranched alkanes of at least 4 members (excludes halogenated alkanes) is 2. The van der Waals surface area contributed by atoms with E-state index in [1.54, 1.807) is 17.2 Å². The fourth-order valence-electron chi connectivity index (χ4n) is 8.47. The van der Waals surface area contributed by atoms with Crippen molar-refractivity contribution in [3.63, 3.8) is 0 Å². The molecule has 1 aliphatic heterocycles. The largest absolute Gasteiger partial charge is 0.481 e. The van der Waals surface area contributed by atoms with Crippen molar-refractivity contribution in [2.45, 2.75) is 122 Å². The molecular weight excluding hydrogens is 917 g/mol. The van der Waals surface area contributed by atoms with Crippen molar-refractivity contribution >= 4 is 53.2 Å². The number of hydrogen-bond donors (Lipinski definition) is 7. The van der Waals surface area contributed by atoms with Gasteiger partial charge in [0.05, 0.1) is 31.4 Å². The number of benzene rings is 2. The third-order valence-corrected chi connectivity index (χ3v) is 13.5. The van der Waals surface area contributed by atoms with E-state index >= 15 is 4.39 Å². The number of amides is 6. The second-order valence-corrected chi connectivity index (χ2v) is 20.4. The van der Waals surface area contributed by atoms with Crippen molar-refractivity contribution in [2.75, 3.05) is 32.5 Å². The SMILES string of the molecule is CSC(C)(C)C1CC(=O)N(CCCCCC(=O)N[C@@H](CC(=O)O)C(=O)N[C@@H](CC(N)=O)C(=O)NCCCN(C(O)CO)[C@@H](c2cc(-c3cc(F)ccc3F)cn2Cc2ccccc2)C(C)(C)C)C1=O. The number of thioether (sulfide) groups is 1. The summed E-state index contributed by atoms with van der Waals surface area (Å²) < 4.78 is 31.1. The Hall–Kier alpha value is -5.70. The summed E-state index contributed by atoms with van der Waals surface area (Å²) in [5, 5.41) is 38.5. The van der Waals surface area contributed by atoms with Crippen LogP contribution in [0.1, 0.15) is 103 Å². The van der Waals surface area contributed by atoms with Gasteiger partial charge in [-0.1, -0.05) is 57.5 Å². The van der Waals surface area contributed by atoms with E-state index in [-0.39, 0.29) is 56.3 Å². The molecule has 378 valence electrons. The number of aromatic nitrogens is 1. The molecule has 2 heterocycles. The zero-order valence-corrected chi connectivity index (χ0v) is 41.0. The average Bonchev–Trinajstić information content (AvgIpc) is 3.82. The normalized spacial score (nSPS) is 16.0. The van der Waals surface area contributed by atoms with Gasteiger partial charge < -0.3 is 41.6 Å². The Balaban J connectivity index is 1.41. The van der Waals surface area contributed by atoms with Gasteiger partial charge in [0.15, 0.2) is 0 Å². The Morgan fingerprint density at radius 2 is 1.59 bits per heavy atom. The van der Waals surface area contributed by atoms with Crippen molar-refractivity contribution < 1.29 is 57.7 Å². The van der Waals surface area contributed by atoms with Gasteiger partial charge in [-0.25, -0.2) is 8.78 Å². The molecule has 0 saturated carbocycles. The summed E-state index contributed by atoms with van der Waals surface area (Å²) in [4.78, 5) is 92.0. The number of hydrogen-bond acceptors (Lipinski definition) is 11. The molecule has 1 aromatic heterocycles. The first kappa shape index (κ1) is 55.9. The Labute approximate surface area is 405 Å². The molecule has 4 rings (SSSR count). The molecule has 69 heavy (non-hydrogen) atoms. The van der Waals surface area contributed by atoms with Crippen LogP contribution in [0, 0.1) is 23.0 Å². The molecule has 6 amide bonds. The Morgan fingerprint density at radius 1 is 0.913 bits per heavy atom. The van der Waals surface area contributed by atoms with Crippen LogP contribution in [0.25, 0.3) is 11.1 Å². The molecule has 1 aliphatic rings. The van der Waals surface area contributed by atoms with Gasteiger partial charge in [-0.2, -0.15) is 11.8 Å². The lowest BCUT2D eigenvalue weighted by Crippen LogP contribution is -2.55. The lowest BCUT2D eigenvalue weighted by Gasteiger charge is -2.43. The van der Waals surface area contributed by atoms with Crippen LogP contribution >= 0.6 is 11.8 Å². The Bertz CT molecular complexity index is 2290. The van der Waals surface area contributed by atoms with Crippen molar-refractivity contribution in [2.24, 2.45) is 17.1 Å². The number of rotatable bonds is 27. The van der Waals surface area contributed by atoms with Gasteiger partial charge in [0.2, 0.25) is 35.4 Å². The number of primary amides is 1. The third kappa shape index (κ3) is 15.9. The number of nitrogens with zero attached hydrogens (tertiary/aromatic N) is 3. The minimum Gasteiger partial charge on any atom is -0.481 e. The number of carbonyl (C=O) groups excluding carboxylic acids is 6. The number of halogens is 2. The first-order chi connectivity index (χ1) is 32.5. The van der Waals surface area contributed by atoms with E-state index in [9.17, 15) is 53.3 Å². The summed E-state index contributed by atoms with van der Waals surface area (Å²) >= 11 is 1.51. The van der Waals surface area contributed by atoms with Gasteiger partial charge in [-0.15, -0.1) is 0 Å². The molecule has 2 aromatic carbocycles. The number of imide groups is 1. The quantitative estimate of drug-likeness (QED) is 0.0324. The molecule has 3 aromatic rings. The van der Waals surface area contributed by atoms with Gasteiger partial charge in [-0.3, -0.25) is 43.4 Å². The first-order valence-electron chi connectivity index (χ1n) is 23.0. The second-order valence-electron chi connectivity index (χ2n) is 18.9. The van der Waals surface area contributed by atoms with E-state index in [2.05, 4.69) is 16.0 Å². The summed E-state index contributed by atoms with van der Waals surface area (Å²) in [6.07, 6.45) is 2.02. The van der Waals surface area contributed by atoms with Crippen LogP contribution in [-0.4, -0.2) is 127 Å². The molecule has 8 N–H and O–H groups in total. The maximum absolute atomic E-state index is 15.2. The lowest BCUT2D eigenvalue weighted by atomic mass is 9.82. The zero-order valence-electron chi connectivity index (χ0n) is 40.1. The van der Waals surface area contributed by atoms with E-state index in [0.29, 0.717) is 37.1 Å². The van der Waals surface area contributed by atoms with E-state index in [1.165, 1.54) is 16.7 Å². The summed E-state index contributed by atoms with van der Waals surface area (Å²) in [7, 11) is 0. The number of carbonyl (C=O) groups is 7. The van der Waals surface area contributed by atoms with Crippen molar-refractivity contribution in [3.05, 3.63) is 83.7 Å². The van der Waals surface area contributed by atoms with Gasteiger partial charge in [0.25, 0.3) is 0 Å². The van der Waals surface area contributed by atoms with E-state index in [1.807, 2.05) is 75.8 Å². The number of likely N-dealkylation sites (tertiary alicyclic amines) is 1. The van der Waals surface area contributed by atoms with Crippen LogP contribution in [0.5, 0.6) is 0 Å². The molecule has 2 unspecified atom stereocenters. The summed E-state index contributed by atoms with van der Waals surface area (Å²) in [5.41, 5.74) is 6.71. The lowest BCUT2D eigenvalue weighted by molar-refractivity contribution is -0.141. The van der Waals surface area contributed by atoms with E-state index in [0.717, 1.165) is 23.8 Å². The molecule has 0 aliphatic carbocycles. The predicted octanol–water partition coefficient (Wildman–Crippen LogP) is 4.08. The van der Waals surface area contributed by atoms with Gasteiger partial charge in [0.1, 0.15) is 29.9 Å². The second kappa shape index (κ2) is 25.2. The van der Waals surface area contributed by atoms with Crippen LogP contribution < -0.4 is 21.7 Å². The number of carboxylic acids is 1. The highest BCUT2D eigenvalue weighted by molar-refractivity contribution is 8.00. The monoisotopic (exact) mass is 983 g/mol. The average molecular weight is 984 g/mol. The standard InChI is InChI=1S/C49H67F2N7O10S/c1-48(2,3)44(38-22-31(33-23-32(50)17-18-35(33)51)28-56(38)27-30-14-9-7-10-15-30)57(42(63)29-59)21-13-19-53-45(66)36(25-39(52)60)55-46(67)37(26-43(64)65)54-40(61)16-11-8-12-20-58-41(62)24-34(47(58)68)49(4,5)69-6/h7,9-10,14-15,17-18,22-23,28,34,36-37,42,44,59,63H,8,11-13,16,19-21,24-27,29H2,1-6H3,(H2,52,60)(H,53,66)(H,54,61)(H,55,67)(H,64,65)/t34?,36-,37-,42?,44-/m0/s1. The molecule has 20 heteroatoms. The number of carboxylic acid groups (broad SMARTS) is 1. The van der Waals surface area contributed by atoms with E-state index in [4.69, 9.17) is 5.73 Å². The van der Waals surface area contributed by atoms with Gasteiger partial charge in [0, 0.05) is 66.8 Å². The first-order valence-corrected chi connectivity index (χ1v) is 24.2. The summed E-state index contributed by atoms with van der Waals surface area (Å²) in [6.45, 7) is 9.43. The number of aliphatic carboxylic acids is 1. The number of aliphatic hydroxyl groups excluding tert-OH is 2. The molecule has 5 atom stereocenters. The molecule has 1 saturated heterocycles. The Kier molecular flexibility index (Phi) is 20.4. The van der Waals surface area contributed by atoms with Crippen LogP contribution in [0.3, 0.4) is 0 Å². The van der Waals surface area contributed by atoms with E-state index < -0.39 is 101 Å².